The van der Waals surface area contributed by atoms with Gasteiger partial charge in [-0.25, -0.2) is 0 Å². The molecule has 0 amide bonds. The first-order valence-electron chi connectivity index (χ1n) is 14.7. The van der Waals surface area contributed by atoms with Gasteiger partial charge in [0, 0.05) is 11.8 Å². The zero-order valence-corrected chi connectivity index (χ0v) is 24.0. The fraction of sp³-hybridized carbons (Fsp3) is 0.211. The van der Waals surface area contributed by atoms with Crippen molar-refractivity contribution in [3.8, 4) is 0 Å². The highest BCUT2D eigenvalue weighted by Crippen LogP contribution is 2.60. The van der Waals surface area contributed by atoms with Crippen molar-refractivity contribution in [2.24, 2.45) is 11.8 Å². The minimum absolute atomic E-state index is 0.253. The van der Waals surface area contributed by atoms with Crippen LogP contribution in [0.3, 0.4) is 0 Å². The molecule has 0 spiro atoms. The van der Waals surface area contributed by atoms with Crippen LogP contribution in [-0.2, 0) is 9.31 Å². The Morgan fingerprint density at radius 1 is 0.561 bits per heavy atom. The molecule has 0 aromatic heterocycles. The molecule has 41 heavy (non-hydrogen) atoms. The van der Waals surface area contributed by atoms with Gasteiger partial charge in [0.05, 0.1) is 11.2 Å². The average Bonchev–Trinajstić information content (AvgIpc) is 3.43. The van der Waals surface area contributed by atoms with Crippen LogP contribution in [0.15, 0.2) is 115 Å². The number of benzene rings is 4. The quantitative estimate of drug-likeness (QED) is 0.247. The fourth-order valence-electron chi connectivity index (χ4n) is 7.25. The molecule has 0 radical (unpaired) electrons. The Balaban J connectivity index is 1.47. The van der Waals surface area contributed by atoms with Crippen molar-refractivity contribution in [3.05, 3.63) is 138 Å². The van der Waals surface area contributed by atoms with E-state index in [0.29, 0.717) is 0 Å². The summed E-state index contributed by atoms with van der Waals surface area (Å²) in [7, 11) is -0.412. The van der Waals surface area contributed by atoms with Gasteiger partial charge in [0.15, 0.2) is 0 Å². The number of fused-ring (bicyclic) bond motifs is 4. The van der Waals surface area contributed by atoms with Gasteiger partial charge in [-0.15, -0.1) is 0 Å². The van der Waals surface area contributed by atoms with Crippen molar-refractivity contribution in [1.82, 2.24) is 0 Å². The van der Waals surface area contributed by atoms with Crippen LogP contribution in [0.1, 0.15) is 49.9 Å². The highest BCUT2D eigenvalue weighted by molar-refractivity contribution is 6.65. The van der Waals surface area contributed by atoms with Gasteiger partial charge in [0.1, 0.15) is 0 Å². The molecule has 200 valence electrons. The monoisotopic (exact) mass is 532 g/mol. The first-order chi connectivity index (χ1) is 19.9. The summed E-state index contributed by atoms with van der Waals surface area (Å²) in [6.45, 7) is 8.49. The van der Waals surface area contributed by atoms with E-state index < -0.39 is 18.3 Å². The Bertz CT molecular complexity index is 1740. The third-order valence-corrected chi connectivity index (χ3v) is 9.88. The summed E-state index contributed by atoms with van der Waals surface area (Å²) in [5, 5.41) is 2.51. The van der Waals surface area contributed by atoms with E-state index in [0.717, 1.165) is 5.46 Å². The van der Waals surface area contributed by atoms with Crippen LogP contribution in [0.5, 0.6) is 0 Å². The van der Waals surface area contributed by atoms with Crippen molar-refractivity contribution >= 4 is 45.6 Å². The maximum absolute atomic E-state index is 6.57. The maximum Gasteiger partial charge on any atom is 0.495 e. The van der Waals surface area contributed by atoms with Crippen molar-refractivity contribution in [3.63, 3.8) is 0 Å². The minimum Gasteiger partial charge on any atom is -0.399 e. The normalized spacial score (nSPS) is 23.4. The van der Waals surface area contributed by atoms with Crippen LogP contribution in [0, 0.1) is 11.8 Å². The molecule has 3 heteroatoms. The van der Waals surface area contributed by atoms with Crippen molar-refractivity contribution in [2.75, 3.05) is 0 Å². The lowest BCUT2D eigenvalue weighted by atomic mass is 9.66. The molecule has 4 aromatic carbocycles. The van der Waals surface area contributed by atoms with Crippen LogP contribution in [0.2, 0.25) is 0 Å². The SMILES string of the molecule is CC1(C)OB(c2ccc3c4c(cccc24)C2=C(c4ccccc4)C4C=CC=CC4C(c4ccccc4)=C23)OC1(C)C. The standard InChI is InChI=1S/C38H33BO2/c1-37(2)38(3,4)41-39(40-37)31-23-22-30-34-28(31)20-13-21-29(34)35-32(24-14-7-5-8-15-24)26-18-11-12-19-27(26)33(36(30)35)25-16-9-6-10-17-25/h5-23,26-27H,1-4H3. The van der Waals surface area contributed by atoms with E-state index in [9.17, 15) is 0 Å². The van der Waals surface area contributed by atoms with Gasteiger partial charge in [-0.1, -0.05) is 115 Å². The third-order valence-electron chi connectivity index (χ3n) is 9.88. The van der Waals surface area contributed by atoms with Gasteiger partial charge >= 0.3 is 7.12 Å². The van der Waals surface area contributed by atoms with E-state index in [1.807, 2.05) is 0 Å². The van der Waals surface area contributed by atoms with E-state index in [2.05, 4.69) is 143 Å². The van der Waals surface area contributed by atoms with E-state index >= 15 is 0 Å². The second kappa shape index (κ2) is 8.79. The first kappa shape index (κ1) is 24.8. The molecule has 8 rings (SSSR count). The Kier molecular flexibility index (Phi) is 5.33. The fourth-order valence-corrected chi connectivity index (χ4v) is 7.25. The molecule has 1 aliphatic heterocycles. The Morgan fingerprint density at radius 2 is 1.07 bits per heavy atom. The molecule has 4 aliphatic rings. The number of allylic oxidation sites excluding steroid dienone is 8. The van der Waals surface area contributed by atoms with Crippen LogP contribution in [0.4, 0.5) is 0 Å². The Morgan fingerprint density at radius 3 is 1.61 bits per heavy atom. The van der Waals surface area contributed by atoms with Gasteiger partial charge in [0.2, 0.25) is 0 Å². The van der Waals surface area contributed by atoms with Crippen LogP contribution in [0.25, 0.3) is 33.1 Å². The molecule has 2 atom stereocenters. The molecule has 1 fully saturated rings. The third kappa shape index (κ3) is 3.52. The smallest absolute Gasteiger partial charge is 0.399 e. The second-order valence-corrected chi connectivity index (χ2v) is 12.6. The molecule has 3 aliphatic carbocycles. The lowest BCUT2D eigenvalue weighted by Crippen LogP contribution is -2.41. The topological polar surface area (TPSA) is 18.5 Å². The molecule has 4 aromatic rings. The summed E-state index contributed by atoms with van der Waals surface area (Å²) in [5.41, 5.74) is 11.0. The van der Waals surface area contributed by atoms with Gasteiger partial charge in [-0.05, 0) is 88.5 Å². The molecule has 2 unspecified atom stereocenters. The van der Waals surface area contributed by atoms with E-state index in [4.69, 9.17) is 9.31 Å². The van der Waals surface area contributed by atoms with E-state index in [-0.39, 0.29) is 11.8 Å². The summed E-state index contributed by atoms with van der Waals surface area (Å²) in [6.07, 6.45) is 9.24. The van der Waals surface area contributed by atoms with Crippen LogP contribution >= 0.6 is 0 Å². The average molecular weight is 532 g/mol. The van der Waals surface area contributed by atoms with Gasteiger partial charge in [-0.2, -0.15) is 0 Å². The molecule has 1 heterocycles. The second-order valence-electron chi connectivity index (χ2n) is 12.6. The van der Waals surface area contributed by atoms with E-state index in [1.54, 1.807) is 0 Å². The zero-order valence-electron chi connectivity index (χ0n) is 24.0. The Hall–Kier alpha value is -3.92. The van der Waals surface area contributed by atoms with Gasteiger partial charge in [-0.3, -0.25) is 0 Å². The van der Waals surface area contributed by atoms with Crippen molar-refractivity contribution < 1.29 is 9.31 Å². The number of rotatable bonds is 3. The predicted molar refractivity (Wildman–Crippen MR) is 171 cm³/mol. The summed E-state index contributed by atoms with van der Waals surface area (Å²) < 4.78 is 13.1. The highest BCUT2D eigenvalue weighted by atomic mass is 16.7. The minimum atomic E-state index is -0.412. The number of hydrogen-bond acceptors (Lipinski definition) is 2. The molecule has 0 saturated carbocycles. The number of hydrogen-bond donors (Lipinski definition) is 0. The highest BCUT2D eigenvalue weighted by Gasteiger charge is 2.52. The van der Waals surface area contributed by atoms with Crippen LogP contribution < -0.4 is 5.46 Å². The van der Waals surface area contributed by atoms with Gasteiger partial charge < -0.3 is 9.31 Å². The summed E-state index contributed by atoms with van der Waals surface area (Å²) in [5.74, 6) is 0.506. The Labute approximate surface area is 242 Å². The van der Waals surface area contributed by atoms with Gasteiger partial charge in [0.25, 0.3) is 0 Å². The lowest BCUT2D eigenvalue weighted by Gasteiger charge is -2.37. The maximum atomic E-state index is 6.57. The predicted octanol–water partition coefficient (Wildman–Crippen LogP) is 8.35. The van der Waals surface area contributed by atoms with Crippen molar-refractivity contribution in [2.45, 2.75) is 38.9 Å². The molecular formula is C38H33BO2. The zero-order chi connectivity index (χ0) is 27.9. The lowest BCUT2D eigenvalue weighted by molar-refractivity contribution is 0.00578. The largest absolute Gasteiger partial charge is 0.495 e. The summed E-state index contributed by atoms with van der Waals surface area (Å²) in [4.78, 5) is 0. The van der Waals surface area contributed by atoms with Crippen molar-refractivity contribution in [1.29, 1.82) is 0 Å². The van der Waals surface area contributed by atoms with Crippen LogP contribution in [-0.4, -0.2) is 18.3 Å². The molecule has 0 N–H and O–H groups in total. The first-order valence-corrected chi connectivity index (χ1v) is 14.7. The molecule has 1 saturated heterocycles. The summed E-state index contributed by atoms with van der Waals surface area (Å²) in [6, 6.07) is 33.3. The molecule has 2 nitrogen and oxygen atoms in total. The summed E-state index contributed by atoms with van der Waals surface area (Å²) >= 11 is 0. The molecule has 0 bridgehead atoms. The molecular weight excluding hydrogens is 499 g/mol. The van der Waals surface area contributed by atoms with E-state index in [1.165, 1.54) is 55.3 Å².